The molecule has 2 rings (SSSR count). The van der Waals surface area contributed by atoms with Crippen LogP contribution in [0.15, 0.2) is 0 Å². The summed E-state index contributed by atoms with van der Waals surface area (Å²) in [6.45, 7) is 4.96. The zero-order valence-corrected chi connectivity index (χ0v) is 10.3. The van der Waals surface area contributed by atoms with E-state index in [0.29, 0.717) is 11.9 Å². The second-order valence-corrected chi connectivity index (χ2v) is 4.71. The predicted octanol–water partition coefficient (Wildman–Crippen LogP) is 2.17. The highest BCUT2D eigenvalue weighted by atomic mass is 35.5. The smallest absolute Gasteiger partial charge is 0.228 e. The third-order valence-electron chi connectivity index (χ3n) is 2.27. The van der Waals surface area contributed by atoms with E-state index >= 15 is 0 Å². The minimum Gasteiger partial charge on any atom is -0.354 e. The van der Waals surface area contributed by atoms with Crippen molar-refractivity contribution >= 4 is 23.5 Å². The molecule has 1 aliphatic rings. The topological polar surface area (TPSA) is 62.7 Å². The SMILES string of the molecule is CC(C)Nc1nc(Cl)nc(NCC2CC2)n1. The van der Waals surface area contributed by atoms with E-state index in [1.165, 1.54) is 12.8 Å². The molecule has 0 aliphatic heterocycles. The van der Waals surface area contributed by atoms with E-state index in [4.69, 9.17) is 11.6 Å². The molecule has 0 atom stereocenters. The Kier molecular flexibility index (Phi) is 3.43. The molecule has 0 saturated heterocycles. The third-order valence-corrected chi connectivity index (χ3v) is 2.44. The van der Waals surface area contributed by atoms with Crippen molar-refractivity contribution in [3.8, 4) is 0 Å². The molecule has 2 N–H and O–H groups in total. The fourth-order valence-corrected chi connectivity index (χ4v) is 1.47. The number of hydrogen-bond acceptors (Lipinski definition) is 5. The first-order valence-corrected chi connectivity index (χ1v) is 5.93. The summed E-state index contributed by atoms with van der Waals surface area (Å²) in [5.74, 6) is 1.85. The van der Waals surface area contributed by atoms with Gasteiger partial charge >= 0.3 is 0 Å². The van der Waals surface area contributed by atoms with E-state index in [9.17, 15) is 0 Å². The Hall–Kier alpha value is -1.10. The molecule has 1 fully saturated rings. The van der Waals surface area contributed by atoms with Crippen molar-refractivity contribution in [1.29, 1.82) is 0 Å². The Morgan fingerprint density at radius 3 is 2.56 bits per heavy atom. The summed E-state index contributed by atoms with van der Waals surface area (Å²) >= 11 is 5.82. The van der Waals surface area contributed by atoms with Crippen LogP contribution < -0.4 is 10.6 Å². The first-order chi connectivity index (χ1) is 7.63. The Labute approximate surface area is 100 Å². The molecular weight excluding hydrogens is 226 g/mol. The van der Waals surface area contributed by atoms with Crippen molar-refractivity contribution in [3.05, 3.63) is 5.28 Å². The zero-order valence-electron chi connectivity index (χ0n) is 9.50. The molecule has 0 spiro atoms. The molecule has 0 aromatic carbocycles. The quantitative estimate of drug-likeness (QED) is 0.827. The number of nitrogens with one attached hydrogen (secondary N) is 2. The predicted molar refractivity (Wildman–Crippen MR) is 64.8 cm³/mol. The Bertz CT molecular complexity index is 364. The van der Waals surface area contributed by atoms with Gasteiger partial charge in [-0.25, -0.2) is 0 Å². The Morgan fingerprint density at radius 1 is 1.25 bits per heavy atom. The van der Waals surface area contributed by atoms with E-state index in [1.807, 2.05) is 13.8 Å². The van der Waals surface area contributed by atoms with Gasteiger partial charge in [0.05, 0.1) is 0 Å². The maximum Gasteiger partial charge on any atom is 0.228 e. The molecule has 6 heteroatoms. The highest BCUT2D eigenvalue weighted by Crippen LogP contribution is 2.28. The maximum atomic E-state index is 5.82. The van der Waals surface area contributed by atoms with Gasteiger partial charge in [-0.3, -0.25) is 0 Å². The summed E-state index contributed by atoms with van der Waals surface area (Å²) in [5, 5.41) is 6.50. The average molecular weight is 242 g/mol. The summed E-state index contributed by atoms with van der Waals surface area (Å²) in [5.41, 5.74) is 0. The lowest BCUT2D eigenvalue weighted by Gasteiger charge is -2.09. The van der Waals surface area contributed by atoms with Gasteiger partial charge in [-0.05, 0) is 44.2 Å². The third kappa shape index (κ3) is 3.48. The van der Waals surface area contributed by atoms with Crippen LogP contribution in [0.5, 0.6) is 0 Å². The van der Waals surface area contributed by atoms with Crippen LogP contribution in [-0.2, 0) is 0 Å². The van der Waals surface area contributed by atoms with Crippen molar-refractivity contribution in [2.45, 2.75) is 32.7 Å². The van der Waals surface area contributed by atoms with Crippen molar-refractivity contribution < 1.29 is 0 Å². The van der Waals surface area contributed by atoms with Gasteiger partial charge < -0.3 is 10.6 Å². The number of anilines is 2. The van der Waals surface area contributed by atoms with Gasteiger partial charge in [0, 0.05) is 12.6 Å². The van der Waals surface area contributed by atoms with Crippen LogP contribution in [0.3, 0.4) is 0 Å². The van der Waals surface area contributed by atoms with Gasteiger partial charge in [-0.1, -0.05) is 0 Å². The number of halogens is 1. The molecule has 1 aliphatic carbocycles. The summed E-state index contributed by atoms with van der Waals surface area (Å²) in [6.07, 6.45) is 2.59. The van der Waals surface area contributed by atoms with Crippen LogP contribution in [0.2, 0.25) is 5.28 Å². The van der Waals surface area contributed by atoms with Crippen LogP contribution in [-0.4, -0.2) is 27.5 Å². The van der Waals surface area contributed by atoms with Crippen LogP contribution in [0.4, 0.5) is 11.9 Å². The molecule has 0 unspecified atom stereocenters. The maximum absolute atomic E-state index is 5.82. The van der Waals surface area contributed by atoms with Gasteiger partial charge in [-0.2, -0.15) is 15.0 Å². The van der Waals surface area contributed by atoms with E-state index in [-0.39, 0.29) is 11.3 Å². The van der Waals surface area contributed by atoms with Crippen molar-refractivity contribution in [2.75, 3.05) is 17.2 Å². The normalized spacial score (nSPS) is 15.2. The number of rotatable bonds is 5. The van der Waals surface area contributed by atoms with E-state index in [2.05, 4.69) is 25.6 Å². The second-order valence-electron chi connectivity index (χ2n) is 4.37. The highest BCUT2D eigenvalue weighted by Gasteiger charge is 2.21. The summed E-state index contributed by atoms with van der Waals surface area (Å²) < 4.78 is 0. The zero-order chi connectivity index (χ0) is 11.5. The van der Waals surface area contributed by atoms with E-state index in [1.54, 1.807) is 0 Å². The number of nitrogens with zero attached hydrogens (tertiary/aromatic N) is 3. The molecule has 1 aromatic rings. The molecule has 0 radical (unpaired) electrons. The molecule has 1 saturated carbocycles. The molecule has 88 valence electrons. The molecule has 16 heavy (non-hydrogen) atoms. The van der Waals surface area contributed by atoms with Gasteiger partial charge in [0.15, 0.2) is 0 Å². The lowest BCUT2D eigenvalue weighted by Crippen LogP contribution is -2.15. The average Bonchev–Trinajstić information content (AvgIpc) is 2.95. The van der Waals surface area contributed by atoms with Crippen molar-refractivity contribution in [1.82, 2.24) is 15.0 Å². The van der Waals surface area contributed by atoms with Gasteiger partial charge in [-0.15, -0.1) is 0 Å². The summed E-state index contributed by atoms with van der Waals surface area (Å²) in [6, 6.07) is 0.273. The highest BCUT2D eigenvalue weighted by molar-refractivity contribution is 6.28. The fourth-order valence-electron chi connectivity index (χ4n) is 1.31. The fraction of sp³-hybridized carbons (Fsp3) is 0.700. The van der Waals surface area contributed by atoms with Crippen molar-refractivity contribution in [2.24, 2.45) is 5.92 Å². The van der Waals surface area contributed by atoms with Crippen molar-refractivity contribution in [3.63, 3.8) is 0 Å². The molecule has 5 nitrogen and oxygen atoms in total. The number of aromatic nitrogens is 3. The Morgan fingerprint density at radius 2 is 1.94 bits per heavy atom. The lowest BCUT2D eigenvalue weighted by atomic mass is 10.4. The summed E-state index contributed by atoms with van der Waals surface area (Å²) in [7, 11) is 0. The lowest BCUT2D eigenvalue weighted by molar-refractivity contribution is 0.848. The van der Waals surface area contributed by atoms with Crippen LogP contribution in [0, 0.1) is 5.92 Å². The van der Waals surface area contributed by atoms with E-state index < -0.39 is 0 Å². The largest absolute Gasteiger partial charge is 0.354 e. The van der Waals surface area contributed by atoms with Gasteiger partial charge in [0.25, 0.3) is 0 Å². The molecule has 1 aromatic heterocycles. The molecule has 0 amide bonds. The van der Waals surface area contributed by atoms with Crippen LogP contribution >= 0.6 is 11.6 Å². The monoisotopic (exact) mass is 241 g/mol. The van der Waals surface area contributed by atoms with Gasteiger partial charge in [0.2, 0.25) is 17.2 Å². The van der Waals surface area contributed by atoms with Gasteiger partial charge in [0.1, 0.15) is 0 Å². The molecular formula is C10H16ClN5. The molecule has 1 heterocycles. The first-order valence-electron chi connectivity index (χ1n) is 5.55. The standard InChI is InChI=1S/C10H16ClN5/c1-6(2)13-10-15-8(11)14-9(16-10)12-5-7-3-4-7/h6-7H,3-5H2,1-2H3,(H2,12,13,14,15,16). The van der Waals surface area contributed by atoms with Crippen LogP contribution in [0.25, 0.3) is 0 Å². The summed E-state index contributed by atoms with van der Waals surface area (Å²) in [4.78, 5) is 12.3. The number of hydrogen-bond donors (Lipinski definition) is 2. The Balaban J connectivity index is 2.01. The van der Waals surface area contributed by atoms with E-state index in [0.717, 1.165) is 12.5 Å². The van der Waals surface area contributed by atoms with Crippen LogP contribution in [0.1, 0.15) is 26.7 Å². The molecule has 0 bridgehead atoms. The second kappa shape index (κ2) is 4.82. The minimum absolute atomic E-state index is 0.219. The first kappa shape index (κ1) is 11.4. The minimum atomic E-state index is 0.219.